The van der Waals surface area contributed by atoms with Crippen LogP contribution in [-0.4, -0.2) is 13.6 Å². The zero-order valence-electron chi connectivity index (χ0n) is 13.0. The number of hydrogen-bond acceptors (Lipinski definition) is 3. The third-order valence-corrected chi connectivity index (χ3v) is 4.13. The number of benzene rings is 2. The number of para-hydroxylation sites is 2. The number of nitrogens with one attached hydrogen (secondary N) is 2. The highest BCUT2D eigenvalue weighted by molar-refractivity contribution is 5.55. The van der Waals surface area contributed by atoms with Crippen molar-refractivity contribution in [2.24, 2.45) is 0 Å². The maximum absolute atomic E-state index is 4.13. The van der Waals surface area contributed by atoms with E-state index in [1.54, 1.807) is 0 Å². The van der Waals surface area contributed by atoms with Gasteiger partial charge in [0.25, 0.3) is 0 Å². The third-order valence-electron chi connectivity index (χ3n) is 4.13. The van der Waals surface area contributed by atoms with E-state index in [2.05, 4.69) is 53.4 Å². The van der Waals surface area contributed by atoms with Crippen molar-refractivity contribution in [3.8, 4) is 0 Å². The quantitative estimate of drug-likeness (QED) is 0.887. The normalized spacial score (nSPS) is 17.3. The van der Waals surface area contributed by atoms with E-state index in [4.69, 9.17) is 0 Å². The number of nitrogens with zero attached hydrogens (tertiary/aromatic N) is 1. The molecule has 1 unspecified atom stereocenters. The minimum atomic E-state index is 0.296. The van der Waals surface area contributed by atoms with Crippen molar-refractivity contribution in [1.82, 2.24) is 5.32 Å². The van der Waals surface area contributed by atoms with Gasteiger partial charge in [-0.2, -0.15) is 0 Å². The SMILES string of the molecule is C=C(Nc1ccccc1)NC1CCCN(C)c2ccccc21. The number of fused-ring (bicyclic) bond motifs is 1. The fourth-order valence-corrected chi connectivity index (χ4v) is 3.03. The Balaban J connectivity index is 1.74. The first kappa shape index (κ1) is 14.5. The Kier molecular flexibility index (Phi) is 4.33. The van der Waals surface area contributed by atoms with Gasteiger partial charge >= 0.3 is 0 Å². The molecule has 0 radical (unpaired) electrons. The Morgan fingerprint density at radius 1 is 1.09 bits per heavy atom. The zero-order chi connectivity index (χ0) is 15.4. The van der Waals surface area contributed by atoms with Crippen LogP contribution in [0.15, 0.2) is 67.0 Å². The van der Waals surface area contributed by atoms with Gasteiger partial charge < -0.3 is 15.5 Å². The van der Waals surface area contributed by atoms with Crippen LogP contribution in [0, 0.1) is 0 Å². The molecule has 1 aliphatic heterocycles. The molecule has 2 aromatic carbocycles. The molecule has 3 heteroatoms. The molecule has 1 heterocycles. The van der Waals surface area contributed by atoms with E-state index in [0.717, 1.165) is 24.5 Å². The average Bonchev–Trinajstić information content (AvgIpc) is 2.69. The van der Waals surface area contributed by atoms with Crippen molar-refractivity contribution in [2.45, 2.75) is 18.9 Å². The molecule has 0 fully saturated rings. The molecule has 1 atom stereocenters. The second kappa shape index (κ2) is 6.56. The van der Waals surface area contributed by atoms with Crippen molar-refractivity contribution in [2.75, 3.05) is 23.8 Å². The van der Waals surface area contributed by atoms with Crippen molar-refractivity contribution < 1.29 is 0 Å². The van der Waals surface area contributed by atoms with Gasteiger partial charge in [0, 0.05) is 25.0 Å². The van der Waals surface area contributed by atoms with Gasteiger partial charge in [0.1, 0.15) is 0 Å². The lowest BCUT2D eigenvalue weighted by Gasteiger charge is -2.24. The summed E-state index contributed by atoms with van der Waals surface area (Å²) in [7, 11) is 2.16. The molecule has 3 nitrogen and oxygen atoms in total. The summed E-state index contributed by atoms with van der Waals surface area (Å²) >= 11 is 0. The predicted molar refractivity (Wildman–Crippen MR) is 94.0 cm³/mol. The summed E-state index contributed by atoms with van der Waals surface area (Å²) < 4.78 is 0. The minimum Gasteiger partial charge on any atom is -0.374 e. The molecule has 0 saturated heterocycles. The van der Waals surface area contributed by atoms with E-state index in [0.29, 0.717) is 6.04 Å². The molecule has 1 aliphatic rings. The van der Waals surface area contributed by atoms with Crippen LogP contribution in [0.25, 0.3) is 0 Å². The van der Waals surface area contributed by atoms with Crippen molar-refractivity contribution in [3.63, 3.8) is 0 Å². The van der Waals surface area contributed by atoms with Gasteiger partial charge in [-0.25, -0.2) is 0 Å². The molecule has 2 N–H and O–H groups in total. The van der Waals surface area contributed by atoms with Crippen LogP contribution in [0.2, 0.25) is 0 Å². The van der Waals surface area contributed by atoms with Gasteiger partial charge in [-0.3, -0.25) is 0 Å². The van der Waals surface area contributed by atoms with Gasteiger partial charge in [0.2, 0.25) is 0 Å². The highest BCUT2D eigenvalue weighted by Gasteiger charge is 2.20. The molecule has 3 rings (SSSR count). The Morgan fingerprint density at radius 3 is 2.64 bits per heavy atom. The maximum atomic E-state index is 4.13. The minimum absolute atomic E-state index is 0.296. The second-order valence-corrected chi connectivity index (χ2v) is 5.79. The monoisotopic (exact) mass is 293 g/mol. The summed E-state index contributed by atoms with van der Waals surface area (Å²) in [5.41, 5.74) is 3.71. The van der Waals surface area contributed by atoms with Gasteiger partial charge in [-0.15, -0.1) is 0 Å². The van der Waals surface area contributed by atoms with E-state index in [9.17, 15) is 0 Å². The number of rotatable bonds is 4. The summed E-state index contributed by atoms with van der Waals surface area (Å²) in [5, 5.41) is 6.88. The summed E-state index contributed by atoms with van der Waals surface area (Å²) in [6.07, 6.45) is 2.28. The summed E-state index contributed by atoms with van der Waals surface area (Å²) in [6, 6.07) is 19.1. The summed E-state index contributed by atoms with van der Waals surface area (Å²) in [5.74, 6) is 0.843. The molecule has 2 aromatic rings. The molecular weight excluding hydrogens is 270 g/mol. The fraction of sp³-hybridized carbons (Fsp3) is 0.263. The molecule has 0 aliphatic carbocycles. The molecule has 114 valence electrons. The molecule has 0 amide bonds. The van der Waals surface area contributed by atoms with Crippen LogP contribution in [0.5, 0.6) is 0 Å². The van der Waals surface area contributed by atoms with Crippen LogP contribution in [-0.2, 0) is 0 Å². The topological polar surface area (TPSA) is 27.3 Å². The van der Waals surface area contributed by atoms with Gasteiger partial charge in [-0.1, -0.05) is 43.0 Å². The van der Waals surface area contributed by atoms with Crippen LogP contribution < -0.4 is 15.5 Å². The molecule has 0 aromatic heterocycles. The lowest BCUT2D eigenvalue weighted by Crippen LogP contribution is -2.24. The lowest BCUT2D eigenvalue weighted by molar-refractivity contribution is 0.549. The third kappa shape index (κ3) is 3.25. The summed E-state index contributed by atoms with van der Waals surface area (Å²) in [6.45, 7) is 5.22. The van der Waals surface area contributed by atoms with Crippen molar-refractivity contribution in [1.29, 1.82) is 0 Å². The van der Waals surface area contributed by atoms with Crippen molar-refractivity contribution in [3.05, 3.63) is 72.6 Å². The van der Waals surface area contributed by atoms with Crippen molar-refractivity contribution >= 4 is 11.4 Å². The first-order chi connectivity index (χ1) is 10.7. The number of hydrogen-bond donors (Lipinski definition) is 2. The predicted octanol–water partition coefficient (Wildman–Crippen LogP) is 4.13. The van der Waals surface area contributed by atoms with Crippen LogP contribution in [0.4, 0.5) is 11.4 Å². The Hall–Kier alpha value is -2.42. The average molecular weight is 293 g/mol. The maximum Gasteiger partial charge on any atom is 0.0961 e. The second-order valence-electron chi connectivity index (χ2n) is 5.79. The van der Waals surface area contributed by atoms with Crippen LogP contribution in [0.1, 0.15) is 24.4 Å². The molecular formula is C19H23N3. The van der Waals surface area contributed by atoms with Crippen LogP contribution >= 0.6 is 0 Å². The molecule has 0 spiro atoms. The van der Waals surface area contributed by atoms with E-state index >= 15 is 0 Å². The van der Waals surface area contributed by atoms with E-state index < -0.39 is 0 Å². The standard InChI is InChI=1S/C19H23N3/c1-15(20-16-9-4-3-5-10-16)21-18-12-8-14-22(2)19-13-7-6-11-17(18)19/h3-7,9-11,13,18,20-21H,1,8,12,14H2,2H3. The van der Waals surface area contributed by atoms with E-state index in [-0.39, 0.29) is 0 Å². The van der Waals surface area contributed by atoms with Gasteiger partial charge in [-0.05, 0) is 36.6 Å². The van der Waals surface area contributed by atoms with E-state index in [1.807, 2.05) is 30.3 Å². The first-order valence-electron chi connectivity index (χ1n) is 7.81. The highest BCUT2D eigenvalue weighted by Crippen LogP contribution is 2.32. The Labute approximate surface area is 132 Å². The first-order valence-corrected chi connectivity index (χ1v) is 7.81. The summed E-state index contributed by atoms with van der Waals surface area (Å²) in [4.78, 5) is 2.34. The fourth-order valence-electron chi connectivity index (χ4n) is 3.03. The van der Waals surface area contributed by atoms with Crippen LogP contribution in [0.3, 0.4) is 0 Å². The lowest BCUT2D eigenvalue weighted by atomic mass is 10.0. The Bertz CT molecular complexity index is 636. The molecule has 22 heavy (non-hydrogen) atoms. The molecule has 0 saturated carbocycles. The smallest absolute Gasteiger partial charge is 0.0961 e. The zero-order valence-corrected chi connectivity index (χ0v) is 13.0. The Morgan fingerprint density at radius 2 is 1.82 bits per heavy atom. The van der Waals surface area contributed by atoms with E-state index in [1.165, 1.54) is 17.7 Å². The van der Waals surface area contributed by atoms with Gasteiger partial charge in [0.15, 0.2) is 0 Å². The van der Waals surface area contributed by atoms with Gasteiger partial charge in [0.05, 0.1) is 11.9 Å². The molecule has 0 bridgehead atoms. The number of anilines is 2. The largest absolute Gasteiger partial charge is 0.374 e. The highest BCUT2D eigenvalue weighted by atomic mass is 15.1.